The molecule has 0 N–H and O–H groups in total. The van der Waals surface area contributed by atoms with Crippen LogP contribution in [0.15, 0.2) is 11.4 Å². The molecule has 0 bridgehead atoms. The van der Waals surface area contributed by atoms with E-state index in [0.717, 1.165) is 0 Å². The summed E-state index contributed by atoms with van der Waals surface area (Å²) in [6, 6.07) is 1.63. The molecule has 0 aliphatic carbocycles. The van der Waals surface area contributed by atoms with Gasteiger partial charge in [0.05, 0.1) is 6.54 Å². The summed E-state index contributed by atoms with van der Waals surface area (Å²) in [4.78, 5) is 24.5. The van der Waals surface area contributed by atoms with E-state index in [2.05, 4.69) is 4.37 Å². The van der Waals surface area contributed by atoms with Crippen molar-refractivity contribution in [2.75, 3.05) is 13.6 Å². The fourth-order valence-electron chi connectivity index (χ4n) is 1.06. The maximum absolute atomic E-state index is 11.7. The topological polar surface area (TPSA) is 59.5 Å². The largest absolute Gasteiger partial charge is 0.444 e. The summed E-state index contributed by atoms with van der Waals surface area (Å²) in [5, 5.41) is 1.72. The van der Waals surface area contributed by atoms with E-state index >= 15 is 0 Å². The first-order chi connectivity index (χ1) is 7.79. The number of carbonyl (C=O) groups is 2. The van der Waals surface area contributed by atoms with Gasteiger partial charge in [0.25, 0.3) is 0 Å². The highest BCUT2D eigenvalue weighted by molar-refractivity contribution is 7.03. The summed E-state index contributed by atoms with van der Waals surface area (Å²) in [6.45, 7) is 5.31. The van der Waals surface area contributed by atoms with E-state index in [1.54, 1.807) is 32.2 Å². The smallest absolute Gasteiger partial charge is 0.410 e. The third-order valence-electron chi connectivity index (χ3n) is 1.81. The molecule has 0 radical (unpaired) electrons. The van der Waals surface area contributed by atoms with Crippen molar-refractivity contribution in [2.24, 2.45) is 0 Å². The van der Waals surface area contributed by atoms with Crippen LogP contribution in [0.4, 0.5) is 4.79 Å². The van der Waals surface area contributed by atoms with Crippen LogP contribution in [0.2, 0.25) is 0 Å². The number of Topliss-reactive ketones (excluding diaryl/α,β-unsaturated/α-hetero) is 1. The molecule has 0 saturated heterocycles. The molecule has 94 valence electrons. The summed E-state index contributed by atoms with van der Waals surface area (Å²) in [7, 11) is 1.53. The number of rotatable bonds is 3. The Labute approximate surface area is 105 Å². The number of likely N-dealkylation sites (N-methyl/N-ethyl adjacent to an activating group) is 1. The van der Waals surface area contributed by atoms with Gasteiger partial charge in [-0.05, 0) is 38.4 Å². The van der Waals surface area contributed by atoms with Crippen LogP contribution in [0.3, 0.4) is 0 Å². The molecule has 5 nitrogen and oxygen atoms in total. The molecule has 1 aromatic heterocycles. The molecule has 0 unspecified atom stereocenters. The number of hydrogen-bond acceptors (Lipinski definition) is 5. The van der Waals surface area contributed by atoms with Gasteiger partial charge in [0.15, 0.2) is 0 Å². The molecule has 1 heterocycles. The summed E-state index contributed by atoms with van der Waals surface area (Å²) >= 11 is 1.21. The number of ether oxygens (including phenoxy) is 1. The Bertz CT molecular complexity index is 395. The Morgan fingerprint density at radius 3 is 2.59 bits per heavy atom. The fraction of sp³-hybridized carbons (Fsp3) is 0.545. The Balaban J connectivity index is 2.52. The molecule has 0 fully saturated rings. The van der Waals surface area contributed by atoms with Gasteiger partial charge in [0.2, 0.25) is 5.78 Å². The van der Waals surface area contributed by atoms with Crippen molar-refractivity contribution < 1.29 is 14.3 Å². The lowest BCUT2D eigenvalue weighted by Crippen LogP contribution is -2.37. The molecule has 0 aliphatic rings. The lowest BCUT2D eigenvalue weighted by atomic mass is 10.2. The first kappa shape index (κ1) is 13.6. The van der Waals surface area contributed by atoms with Gasteiger partial charge < -0.3 is 9.64 Å². The first-order valence-electron chi connectivity index (χ1n) is 5.17. The zero-order chi connectivity index (χ0) is 13.1. The maximum Gasteiger partial charge on any atom is 0.410 e. The number of aromatic nitrogens is 1. The Kier molecular flexibility index (Phi) is 4.22. The van der Waals surface area contributed by atoms with Crippen molar-refractivity contribution in [3.63, 3.8) is 0 Å². The van der Waals surface area contributed by atoms with E-state index in [4.69, 9.17) is 4.74 Å². The van der Waals surface area contributed by atoms with Crippen LogP contribution < -0.4 is 0 Å². The number of amides is 1. The van der Waals surface area contributed by atoms with E-state index in [9.17, 15) is 9.59 Å². The molecule has 1 aromatic rings. The summed E-state index contributed by atoms with van der Waals surface area (Å²) in [6.07, 6.45) is -0.513. The number of ketones is 1. The average molecular weight is 256 g/mol. The lowest BCUT2D eigenvalue weighted by molar-refractivity contribution is 0.0294. The molecular weight excluding hydrogens is 240 g/mol. The summed E-state index contributed by atoms with van der Waals surface area (Å²) in [5.74, 6) is -0.195. The van der Waals surface area contributed by atoms with E-state index < -0.39 is 11.7 Å². The van der Waals surface area contributed by atoms with Crippen molar-refractivity contribution in [3.8, 4) is 0 Å². The Hall–Kier alpha value is -1.43. The number of nitrogens with zero attached hydrogens (tertiary/aromatic N) is 2. The number of hydrogen-bond donors (Lipinski definition) is 0. The standard InChI is InChI=1S/C11H16N2O3S/c1-11(2,3)16-10(15)13(4)7-9(14)8-5-6-17-12-8/h5-6H,7H2,1-4H3. The highest BCUT2D eigenvalue weighted by atomic mass is 32.1. The average Bonchev–Trinajstić information content (AvgIpc) is 2.67. The molecule has 6 heteroatoms. The summed E-state index contributed by atoms with van der Waals surface area (Å²) < 4.78 is 9.05. The van der Waals surface area contributed by atoms with Crippen LogP contribution in [0.1, 0.15) is 31.3 Å². The van der Waals surface area contributed by atoms with Crippen molar-refractivity contribution in [2.45, 2.75) is 26.4 Å². The molecule has 0 saturated carbocycles. The monoisotopic (exact) mass is 256 g/mol. The number of carbonyl (C=O) groups excluding carboxylic acids is 2. The Morgan fingerprint density at radius 2 is 2.12 bits per heavy atom. The van der Waals surface area contributed by atoms with Crippen LogP contribution in [0.5, 0.6) is 0 Å². The minimum Gasteiger partial charge on any atom is -0.444 e. The van der Waals surface area contributed by atoms with Gasteiger partial charge in [-0.1, -0.05) is 0 Å². The highest BCUT2D eigenvalue weighted by Gasteiger charge is 2.21. The molecular formula is C11H16N2O3S. The van der Waals surface area contributed by atoms with E-state index in [0.29, 0.717) is 5.69 Å². The van der Waals surface area contributed by atoms with Crippen LogP contribution >= 0.6 is 11.5 Å². The van der Waals surface area contributed by atoms with Gasteiger partial charge in [-0.3, -0.25) is 4.79 Å². The molecule has 0 atom stereocenters. The van der Waals surface area contributed by atoms with Gasteiger partial charge in [-0.2, -0.15) is 4.37 Å². The predicted octanol–water partition coefficient (Wildman–Crippen LogP) is 2.19. The van der Waals surface area contributed by atoms with Gasteiger partial charge in [-0.25, -0.2) is 4.79 Å². The third kappa shape index (κ3) is 4.52. The molecule has 0 aromatic carbocycles. The minimum absolute atomic E-state index is 0.0291. The molecule has 0 aliphatic heterocycles. The molecule has 1 amide bonds. The molecule has 0 spiro atoms. The van der Waals surface area contributed by atoms with Gasteiger partial charge in [0, 0.05) is 12.4 Å². The van der Waals surface area contributed by atoms with Crippen LogP contribution in [0, 0.1) is 0 Å². The second kappa shape index (κ2) is 5.27. The zero-order valence-electron chi connectivity index (χ0n) is 10.4. The van der Waals surface area contributed by atoms with Gasteiger partial charge >= 0.3 is 6.09 Å². The minimum atomic E-state index is -0.560. The van der Waals surface area contributed by atoms with Crippen LogP contribution in [-0.4, -0.2) is 40.3 Å². The maximum atomic E-state index is 11.7. The quantitative estimate of drug-likeness (QED) is 0.778. The van der Waals surface area contributed by atoms with Crippen molar-refractivity contribution >= 4 is 23.4 Å². The highest BCUT2D eigenvalue weighted by Crippen LogP contribution is 2.09. The van der Waals surface area contributed by atoms with Gasteiger partial charge in [-0.15, -0.1) is 0 Å². The SMILES string of the molecule is CN(CC(=O)c1ccsn1)C(=O)OC(C)(C)C. The van der Waals surface area contributed by atoms with Gasteiger partial charge in [0.1, 0.15) is 11.3 Å². The van der Waals surface area contributed by atoms with E-state index in [1.165, 1.54) is 23.5 Å². The molecule has 1 rings (SSSR count). The summed E-state index contributed by atoms with van der Waals surface area (Å²) in [5.41, 5.74) is -0.180. The van der Waals surface area contributed by atoms with Crippen LogP contribution in [0.25, 0.3) is 0 Å². The van der Waals surface area contributed by atoms with Crippen LogP contribution in [-0.2, 0) is 4.74 Å². The van der Waals surface area contributed by atoms with E-state index in [1.807, 2.05) is 0 Å². The normalized spacial score (nSPS) is 11.1. The molecule has 17 heavy (non-hydrogen) atoms. The lowest BCUT2D eigenvalue weighted by Gasteiger charge is -2.24. The fourth-order valence-corrected chi connectivity index (χ4v) is 1.58. The van der Waals surface area contributed by atoms with Crippen molar-refractivity contribution in [3.05, 3.63) is 17.1 Å². The third-order valence-corrected chi connectivity index (χ3v) is 2.37. The van der Waals surface area contributed by atoms with Crippen molar-refractivity contribution in [1.29, 1.82) is 0 Å². The van der Waals surface area contributed by atoms with E-state index in [-0.39, 0.29) is 12.3 Å². The Morgan fingerprint density at radius 1 is 1.47 bits per heavy atom. The zero-order valence-corrected chi connectivity index (χ0v) is 11.2. The predicted molar refractivity (Wildman–Crippen MR) is 65.3 cm³/mol. The first-order valence-corrected chi connectivity index (χ1v) is 6.01. The second-order valence-electron chi connectivity index (χ2n) is 4.64. The van der Waals surface area contributed by atoms with Crippen molar-refractivity contribution in [1.82, 2.24) is 9.27 Å². The second-order valence-corrected chi connectivity index (χ2v) is 5.31.